The molecule has 0 aromatic carbocycles. The summed E-state index contributed by atoms with van der Waals surface area (Å²) in [7, 11) is 1.80. The zero-order valence-corrected chi connectivity index (χ0v) is 11.8. The molecular weight excluding hydrogens is 307 g/mol. The molecule has 6 heteroatoms. The molecule has 1 atom stereocenters. The van der Waals surface area contributed by atoms with E-state index in [4.69, 9.17) is 16.0 Å². The normalized spacial score (nSPS) is 13.0. The monoisotopic (exact) mass is 318 g/mol. The highest BCUT2D eigenvalue weighted by molar-refractivity contribution is 9.10. The predicted octanol–water partition coefficient (Wildman–Crippen LogP) is 3.01. The molecular formula is C11H12BrClN2O2. The third-order valence-electron chi connectivity index (χ3n) is 2.60. The molecule has 0 saturated carbocycles. The summed E-state index contributed by atoms with van der Waals surface area (Å²) in [5, 5.41) is 14.9. The van der Waals surface area contributed by atoms with Gasteiger partial charge >= 0.3 is 0 Å². The average Bonchev–Trinajstić information content (AvgIpc) is 2.78. The summed E-state index contributed by atoms with van der Waals surface area (Å²) in [4.78, 5) is 0. The summed E-state index contributed by atoms with van der Waals surface area (Å²) >= 11 is 9.44. The Labute approximate surface area is 112 Å². The van der Waals surface area contributed by atoms with E-state index in [1.807, 2.05) is 6.92 Å². The molecule has 92 valence electrons. The fourth-order valence-corrected chi connectivity index (χ4v) is 2.42. The van der Waals surface area contributed by atoms with E-state index in [1.54, 1.807) is 17.8 Å². The van der Waals surface area contributed by atoms with Gasteiger partial charge in [-0.1, -0.05) is 11.6 Å². The molecule has 0 aliphatic rings. The van der Waals surface area contributed by atoms with Crippen LogP contribution in [-0.4, -0.2) is 14.9 Å². The van der Waals surface area contributed by atoms with Gasteiger partial charge in [-0.2, -0.15) is 5.10 Å². The first kappa shape index (κ1) is 12.7. The quantitative estimate of drug-likeness (QED) is 0.946. The number of aryl methyl sites for hydroxylation is 2. The summed E-state index contributed by atoms with van der Waals surface area (Å²) in [6, 6.07) is 1.74. The number of furan rings is 1. The van der Waals surface area contributed by atoms with Gasteiger partial charge in [0.15, 0.2) is 0 Å². The first-order valence-corrected chi connectivity index (χ1v) is 6.26. The molecule has 0 amide bonds. The van der Waals surface area contributed by atoms with Crippen LogP contribution in [0, 0.1) is 6.92 Å². The number of rotatable bonds is 3. The smallest absolute Gasteiger partial charge is 0.146 e. The van der Waals surface area contributed by atoms with Crippen molar-refractivity contribution in [3.63, 3.8) is 0 Å². The minimum absolute atomic E-state index is 0.363. The molecule has 0 spiro atoms. The molecule has 2 rings (SSSR count). The molecule has 1 unspecified atom stereocenters. The number of halogens is 2. The SMILES string of the molecule is Cc1nn(C)c(CC(O)c2occc2Br)c1Cl. The van der Waals surface area contributed by atoms with Crippen LogP contribution in [-0.2, 0) is 13.5 Å². The zero-order valence-electron chi connectivity index (χ0n) is 9.44. The van der Waals surface area contributed by atoms with E-state index in [-0.39, 0.29) is 0 Å². The lowest BCUT2D eigenvalue weighted by Crippen LogP contribution is -2.06. The predicted molar refractivity (Wildman–Crippen MR) is 68.0 cm³/mol. The third kappa shape index (κ3) is 2.41. The fraction of sp³-hybridized carbons (Fsp3) is 0.364. The summed E-state index contributed by atoms with van der Waals surface area (Å²) in [5.41, 5.74) is 1.55. The van der Waals surface area contributed by atoms with Crippen LogP contribution in [0.5, 0.6) is 0 Å². The Bertz CT molecular complexity index is 536. The molecule has 2 aromatic heterocycles. The van der Waals surface area contributed by atoms with Crippen molar-refractivity contribution in [1.29, 1.82) is 0 Å². The first-order chi connectivity index (χ1) is 8.00. The molecule has 0 aliphatic heterocycles. The Morgan fingerprint density at radius 3 is 2.82 bits per heavy atom. The van der Waals surface area contributed by atoms with Crippen LogP contribution in [0.1, 0.15) is 23.3 Å². The molecule has 0 fully saturated rings. The Kier molecular flexibility index (Phi) is 3.61. The molecule has 0 saturated heterocycles. The Hall–Kier alpha value is -0.780. The highest BCUT2D eigenvalue weighted by atomic mass is 79.9. The Morgan fingerprint density at radius 1 is 1.65 bits per heavy atom. The number of hydrogen-bond donors (Lipinski definition) is 1. The van der Waals surface area contributed by atoms with Gasteiger partial charge in [0.2, 0.25) is 0 Å². The van der Waals surface area contributed by atoms with Gasteiger partial charge in [0, 0.05) is 13.5 Å². The maximum Gasteiger partial charge on any atom is 0.146 e. The largest absolute Gasteiger partial charge is 0.465 e. The minimum Gasteiger partial charge on any atom is -0.465 e. The van der Waals surface area contributed by atoms with Crippen molar-refractivity contribution in [3.05, 3.63) is 39.0 Å². The lowest BCUT2D eigenvalue weighted by atomic mass is 10.1. The van der Waals surface area contributed by atoms with E-state index in [9.17, 15) is 5.11 Å². The third-order valence-corrected chi connectivity index (χ3v) is 3.74. The number of aliphatic hydroxyl groups is 1. The second kappa shape index (κ2) is 4.84. The number of aliphatic hydroxyl groups excluding tert-OH is 1. The second-order valence-electron chi connectivity index (χ2n) is 3.82. The van der Waals surface area contributed by atoms with Crippen LogP contribution < -0.4 is 0 Å². The summed E-state index contributed by atoms with van der Waals surface area (Å²) < 4.78 is 7.64. The van der Waals surface area contributed by atoms with Gasteiger partial charge in [-0.05, 0) is 28.9 Å². The highest BCUT2D eigenvalue weighted by Gasteiger charge is 2.20. The van der Waals surface area contributed by atoms with Crippen molar-refractivity contribution in [1.82, 2.24) is 9.78 Å². The molecule has 17 heavy (non-hydrogen) atoms. The minimum atomic E-state index is -0.744. The van der Waals surface area contributed by atoms with Crippen molar-refractivity contribution in [2.75, 3.05) is 0 Å². The summed E-state index contributed by atoms with van der Waals surface area (Å²) in [5.74, 6) is 0.500. The zero-order chi connectivity index (χ0) is 12.6. The van der Waals surface area contributed by atoms with Crippen LogP contribution in [0.15, 0.2) is 21.2 Å². The molecule has 2 aromatic rings. The van der Waals surface area contributed by atoms with E-state index in [0.717, 1.165) is 15.9 Å². The molecule has 0 bridgehead atoms. The summed E-state index contributed by atoms with van der Waals surface area (Å²) in [6.45, 7) is 1.83. The Balaban J connectivity index is 2.24. The molecule has 4 nitrogen and oxygen atoms in total. The molecule has 1 N–H and O–H groups in total. The van der Waals surface area contributed by atoms with Gasteiger partial charge in [0.05, 0.1) is 27.1 Å². The molecule has 0 aliphatic carbocycles. The Morgan fingerprint density at radius 2 is 2.35 bits per heavy atom. The van der Waals surface area contributed by atoms with E-state index >= 15 is 0 Å². The maximum absolute atomic E-state index is 10.1. The van der Waals surface area contributed by atoms with Crippen LogP contribution >= 0.6 is 27.5 Å². The number of hydrogen-bond acceptors (Lipinski definition) is 3. The average molecular weight is 320 g/mol. The number of aromatic nitrogens is 2. The summed E-state index contributed by atoms with van der Waals surface area (Å²) in [6.07, 6.45) is 1.15. The van der Waals surface area contributed by atoms with Crippen LogP contribution in [0.25, 0.3) is 0 Å². The topological polar surface area (TPSA) is 51.2 Å². The van der Waals surface area contributed by atoms with E-state index in [2.05, 4.69) is 21.0 Å². The van der Waals surface area contributed by atoms with E-state index < -0.39 is 6.10 Å². The van der Waals surface area contributed by atoms with Crippen LogP contribution in [0.2, 0.25) is 5.02 Å². The van der Waals surface area contributed by atoms with Gasteiger partial charge in [-0.15, -0.1) is 0 Å². The first-order valence-electron chi connectivity index (χ1n) is 5.09. The van der Waals surface area contributed by atoms with Crippen molar-refractivity contribution in [3.8, 4) is 0 Å². The lowest BCUT2D eigenvalue weighted by molar-refractivity contribution is 0.147. The van der Waals surface area contributed by atoms with Gasteiger partial charge in [0.25, 0.3) is 0 Å². The van der Waals surface area contributed by atoms with Crippen molar-refractivity contribution in [2.45, 2.75) is 19.4 Å². The molecule has 2 heterocycles. The van der Waals surface area contributed by atoms with Gasteiger partial charge in [-0.25, -0.2) is 0 Å². The van der Waals surface area contributed by atoms with Gasteiger partial charge in [0.1, 0.15) is 11.9 Å². The van der Waals surface area contributed by atoms with E-state index in [1.165, 1.54) is 6.26 Å². The van der Waals surface area contributed by atoms with Gasteiger partial charge in [-0.3, -0.25) is 4.68 Å². The molecule has 0 radical (unpaired) electrons. The second-order valence-corrected chi connectivity index (χ2v) is 5.05. The van der Waals surface area contributed by atoms with Crippen LogP contribution in [0.3, 0.4) is 0 Å². The van der Waals surface area contributed by atoms with Crippen LogP contribution in [0.4, 0.5) is 0 Å². The standard InChI is InChI=1S/C11H12BrClN2O2/c1-6-10(13)8(15(2)14-6)5-9(16)11-7(12)3-4-17-11/h3-4,9,16H,5H2,1-2H3. The fourth-order valence-electron chi connectivity index (χ4n) is 1.72. The highest BCUT2D eigenvalue weighted by Crippen LogP contribution is 2.29. The number of nitrogens with zero attached hydrogens (tertiary/aromatic N) is 2. The van der Waals surface area contributed by atoms with Crippen molar-refractivity contribution < 1.29 is 9.52 Å². The maximum atomic E-state index is 10.1. The van der Waals surface area contributed by atoms with Gasteiger partial charge < -0.3 is 9.52 Å². The van der Waals surface area contributed by atoms with Crippen molar-refractivity contribution in [2.24, 2.45) is 7.05 Å². The lowest BCUT2D eigenvalue weighted by Gasteiger charge is -2.09. The van der Waals surface area contributed by atoms with Crippen molar-refractivity contribution >= 4 is 27.5 Å². The van der Waals surface area contributed by atoms with E-state index in [0.29, 0.717) is 17.2 Å².